The highest BCUT2D eigenvalue weighted by molar-refractivity contribution is 14.0. The fourth-order valence-corrected chi connectivity index (χ4v) is 4.40. The van der Waals surface area contributed by atoms with Crippen molar-refractivity contribution in [2.75, 3.05) is 33.3 Å². The molecule has 0 spiro atoms. The number of hydrogen-bond acceptors (Lipinski definition) is 4. The molecule has 1 saturated carbocycles. The summed E-state index contributed by atoms with van der Waals surface area (Å²) in [6.45, 7) is 8.99. The molecule has 1 heterocycles. The zero-order valence-corrected chi connectivity index (χ0v) is 22.5. The van der Waals surface area contributed by atoms with Crippen LogP contribution >= 0.6 is 24.0 Å². The summed E-state index contributed by atoms with van der Waals surface area (Å²) in [6, 6.07) is 8.93. The Morgan fingerprint density at radius 3 is 2.56 bits per heavy atom. The molecule has 0 aromatic heterocycles. The van der Waals surface area contributed by atoms with Gasteiger partial charge >= 0.3 is 0 Å². The minimum absolute atomic E-state index is 0. The first-order valence-electron chi connectivity index (χ1n) is 12.2. The zero-order valence-electron chi connectivity index (χ0n) is 20.1. The molecule has 1 saturated heterocycles. The second-order valence-corrected chi connectivity index (χ2v) is 9.13. The van der Waals surface area contributed by atoms with Gasteiger partial charge in [0.05, 0.1) is 18.8 Å². The van der Waals surface area contributed by atoms with Crippen LogP contribution < -0.4 is 15.4 Å². The van der Waals surface area contributed by atoms with Gasteiger partial charge < -0.3 is 25.0 Å². The van der Waals surface area contributed by atoms with Crippen LogP contribution in [0.25, 0.3) is 0 Å². The fraction of sp³-hybridized carbons (Fsp3) is 0.720. The number of nitrogens with zero attached hydrogens (tertiary/aromatic N) is 2. The number of aliphatic imine (C=N–C) groups is 1. The molecule has 7 heteroatoms. The number of halogens is 1. The summed E-state index contributed by atoms with van der Waals surface area (Å²) in [7, 11) is 1.84. The van der Waals surface area contributed by atoms with Crippen molar-refractivity contribution in [3.05, 3.63) is 29.8 Å². The molecule has 0 unspecified atom stereocenters. The molecule has 2 aliphatic rings. The van der Waals surface area contributed by atoms with Gasteiger partial charge in [0.1, 0.15) is 5.75 Å². The highest BCUT2D eigenvalue weighted by Gasteiger charge is 2.20. The van der Waals surface area contributed by atoms with E-state index >= 15 is 0 Å². The van der Waals surface area contributed by atoms with Crippen molar-refractivity contribution in [2.24, 2.45) is 4.99 Å². The lowest BCUT2D eigenvalue weighted by atomic mass is 9.98. The second kappa shape index (κ2) is 15.0. The Morgan fingerprint density at radius 1 is 1.12 bits per heavy atom. The number of likely N-dealkylation sites (tertiary alicyclic amines) is 1. The van der Waals surface area contributed by atoms with Crippen LogP contribution in [0.4, 0.5) is 0 Å². The average molecular weight is 559 g/mol. The Bertz CT molecular complexity index is 672. The number of rotatable bonds is 9. The smallest absolute Gasteiger partial charge is 0.191 e. The van der Waals surface area contributed by atoms with E-state index in [-0.39, 0.29) is 24.0 Å². The maximum Gasteiger partial charge on any atom is 0.191 e. The van der Waals surface area contributed by atoms with Gasteiger partial charge in [0.25, 0.3) is 0 Å². The Morgan fingerprint density at radius 2 is 1.88 bits per heavy atom. The van der Waals surface area contributed by atoms with Gasteiger partial charge in [-0.1, -0.05) is 18.6 Å². The van der Waals surface area contributed by atoms with E-state index in [2.05, 4.69) is 58.6 Å². The molecule has 1 aliphatic carbocycles. The zero-order chi connectivity index (χ0) is 21.9. The molecule has 1 aromatic carbocycles. The van der Waals surface area contributed by atoms with E-state index in [0.717, 1.165) is 57.3 Å². The number of ether oxygens (including phenoxy) is 2. The number of guanidine groups is 1. The highest BCUT2D eigenvalue weighted by Crippen LogP contribution is 2.24. The first-order chi connectivity index (χ1) is 15.1. The van der Waals surface area contributed by atoms with Gasteiger partial charge in [0.15, 0.2) is 5.96 Å². The van der Waals surface area contributed by atoms with E-state index in [1.165, 1.54) is 37.7 Å². The predicted molar refractivity (Wildman–Crippen MR) is 143 cm³/mol. The van der Waals surface area contributed by atoms with Crippen LogP contribution in [0.1, 0.15) is 64.4 Å². The molecule has 0 atom stereocenters. The van der Waals surface area contributed by atoms with E-state index in [0.29, 0.717) is 18.2 Å². The van der Waals surface area contributed by atoms with Crippen LogP contribution in [0.2, 0.25) is 0 Å². The molecular formula is C25H43IN4O2. The molecule has 32 heavy (non-hydrogen) atoms. The van der Waals surface area contributed by atoms with Crippen molar-refractivity contribution in [2.45, 2.75) is 83.6 Å². The molecule has 0 radical (unpaired) electrons. The lowest BCUT2D eigenvalue weighted by molar-refractivity contribution is 0.0532. The normalized spacial score (nSPS) is 18.9. The maximum absolute atomic E-state index is 6.21. The SMILES string of the molecule is CN=C(NCc1cccc(OC2CCCCC2)c1)NC1CCN(CCOC(C)C)CC1.I. The average Bonchev–Trinajstić information content (AvgIpc) is 2.78. The van der Waals surface area contributed by atoms with Crippen molar-refractivity contribution in [3.63, 3.8) is 0 Å². The van der Waals surface area contributed by atoms with Crippen LogP contribution in [0.15, 0.2) is 29.3 Å². The quantitative estimate of drug-likeness (QED) is 0.264. The van der Waals surface area contributed by atoms with Gasteiger partial charge in [-0.2, -0.15) is 0 Å². The van der Waals surface area contributed by atoms with Crippen LogP contribution in [-0.2, 0) is 11.3 Å². The summed E-state index contributed by atoms with van der Waals surface area (Å²) in [6.07, 6.45) is 9.26. The Kier molecular flexibility index (Phi) is 12.7. The Balaban J connectivity index is 0.00000363. The van der Waals surface area contributed by atoms with Gasteiger partial charge in [0.2, 0.25) is 0 Å². The molecular weight excluding hydrogens is 515 g/mol. The second-order valence-electron chi connectivity index (χ2n) is 9.13. The van der Waals surface area contributed by atoms with Crippen molar-refractivity contribution < 1.29 is 9.47 Å². The van der Waals surface area contributed by atoms with E-state index in [1.54, 1.807) is 0 Å². The predicted octanol–water partition coefficient (Wildman–Crippen LogP) is 4.57. The summed E-state index contributed by atoms with van der Waals surface area (Å²) >= 11 is 0. The third-order valence-electron chi connectivity index (χ3n) is 6.22. The van der Waals surface area contributed by atoms with Gasteiger partial charge in [-0.25, -0.2) is 0 Å². The van der Waals surface area contributed by atoms with Crippen molar-refractivity contribution in [1.29, 1.82) is 0 Å². The summed E-state index contributed by atoms with van der Waals surface area (Å²) in [5, 5.41) is 7.07. The molecule has 182 valence electrons. The largest absolute Gasteiger partial charge is 0.490 e. The third kappa shape index (κ3) is 9.83. The molecule has 6 nitrogen and oxygen atoms in total. The summed E-state index contributed by atoms with van der Waals surface area (Å²) < 4.78 is 11.9. The monoisotopic (exact) mass is 558 g/mol. The molecule has 0 bridgehead atoms. The minimum atomic E-state index is 0. The van der Waals surface area contributed by atoms with Crippen molar-refractivity contribution >= 4 is 29.9 Å². The van der Waals surface area contributed by atoms with Crippen LogP contribution in [0.3, 0.4) is 0 Å². The molecule has 2 fully saturated rings. The molecule has 3 rings (SSSR count). The van der Waals surface area contributed by atoms with Gasteiger partial charge in [-0.05, 0) is 70.1 Å². The molecule has 1 aromatic rings. The van der Waals surface area contributed by atoms with Gasteiger partial charge in [-0.15, -0.1) is 24.0 Å². The number of nitrogens with one attached hydrogen (secondary N) is 2. The van der Waals surface area contributed by atoms with Crippen LogP contribution in [-0.4, -0.2) is 62.4 Å². The molecule has 1 aliphatic heterocycles. The maximum atomic E-state index is 6.21. The van der Waals surface area contributed by atoms with Crippen LogP contribution in [0, 0.1) is 0 Å². The number of benzene rings is 1. The third-order valence-corrected chi connectivity index (χ3v) is 6.22. The number of piperidine rings is 1. The van der Waals surface area contributed by atoms with E-state index < -0.39 is 0 Å². The Hall–Kier alpha value is -1.06. The van der Waals surface area contributed by atoms with Gasteiger partial charge in [0, 0.05) is 39.3 Å². The lowest BCUT2D eigenvalue weighted by Gasteiger charge is -2.33. The van der Waals surface area contributed by atoms with Crippen molar-refractivity contribution in [3.8, 4) is 5.75 Å². The Labute approximate surface area is 211 Å². The van der Waals surface area contributed by atoms with E-state index in [9.17, 15) is 0 Å². The summed E-state index contributed by atoms with van der Waals surface area (Å²) in [5.41, 5.74) is 1.22. The van der Waals surface area contributed by atoms with Crippen LogP contribution in [0.5, 0.6) is 5.75 Å². The van der Waals surface area contributed by atoms with E-state index in [1.807, 2.05) is 7.05 Å². The van der Waals surface area contributed by atoms with Gasteiger partial charge in [-0.3, -0.25) is 4.99 Å². The van der Waals surface area contributed by atoms with E-state index in [4.69, 9.17) is 9.47 Å². The summed E-state index contributed by atoms with van der Waals surface area (Å²) in [5.74, 6) is 1.86. The topological polar surface area (TPSA) is 58.1 Å². The standard InChI is InChI=1S/C25H42N4O2.HI/c1-20(2)30-17-16-29-14-12-22(13-15-29)28-25(26-3)27-19-21-8-7-11-24(18-21)31-23-9-5-4-6-10-23;/h7-8,11,18,20,22-23H,4-6,9-10,12-17,19H2,1-3H3,(H2,26,27,28);1H. The number of hydrogen-bond donors (Lipinski definition) is 2. The first-order valence-corrected chi connectivity index (χ1v) is 12.2. The fourth-order valence-electron chi connectivity index (χ4n) is 4.40. The lowest BCUT2D eigenvalue weighted by Crippen LogP contribution is -2.49. The molecule has 0 amide bonds. The minimum Gasteiger partial charge on any atom is -0.490 e. The molecule has 2 N–H and O–H groups in total. The first kappa shape index (κ1) is 27.2. The van der Waals surface area contributed by atoms with Crippen molar-refractivity contribution in [1.82, 2.24) is 15.5 Å². The highest BCUT2D eigenvalue weighted by atomic mass is 127. The summed E-state index contributed by atoms with van der Waals surface area (Å²) in [4.78, 5) is 6.93.